The van der Waals surface area contributed by atoms with Gasteiger partial charge in [-0.05, 0) is 12.8 Å². The summed E-state index contributed by atoms with van der Waals surface area (Å²) < 4.78 is 0. The summed E-state index contributed by atoms with van der Waals surface area (Å²) in [5, 5.41) is 3.86. The standard InChI is InChI=1S/C13H26N2O/c1-3-5-7-8-9-10-11-13(16)15-14-12-6-4-2/h12H,3-11H2,1-2H3,(H,15,16). The van der Waals surface area contributed by atoms with Crippen molar-refractivity contribution in [3.05, 3.63) is 0 Å². The molecule has 0 unspecified atom stereocenters. The Labute approximate surface area is 99.7 Å². The Balaban J connectivity index is 3.23. The molecule has 1 amide bonds. The van der Waals surface area contributed by atoms with Crippen LogP contribution in [0, 0.1) is 0 Å². The van der Waals surface area contributed by atoms with E-state index in [0.29, 0.717) is 6.42 Å². The number of rotatable bonds is 10. The summed E-state index contributed by atoms with van der Waals surface area (Å²) in [4.78, 5) is 11.3. The van der Waals surface area contributed by atoms with Crippen LogP contribution in [0.5, 0.6) is 0 Å². The van der Waals surface area contributed by atoms with Crippen LogP contribution in [0.1, 0.15) is 71.6 Å². The van der Waals surface area contributed by atoms with Crippen LogP contribution in [0.3, 0.4) is 0 Å². The van der Waals surface area contributed by atoms with Gasteiger partial charge in [-0.2, -0.15) is 5.10 Å². The highest BCUT2D eigenvalue weighted by Crippen LogP contribution is 2.06. The summed E-state index contributed by atoms with van der Waals surface area (Å²) >= 11 is 0. The summed E-state index contributed by atoms with van der Waals surface area (Å²) in [6, 6.07) is 0. The van der Waals surface area contributed by atoms with E-state index in [1.807, 2.05) is 0 Å². The van der Waals surface area contributed by atoms with Gasteiger partial charge in [-0.3, -0.25) is 4.79 Å². The van der Waals surface area contributed by atoms with Crippen molar-refractivity contribution in [3.8, 4) is 0 Å². The van der Waals surface area contributed by atoms with Gasteiger partial charge >= 0.3 is 0 Å². The molecule has 0 spiro atoms. The fourth-order valence-corrected chi connectivity index (χ4v) is 1.43. The third-order valence-electron chi connectivity index (χ3n) is 2.46. The monoisotopic (exact) mass is 226 g/mol. The van der Waals surface area contributed by atoms with Gasteiger partial charge in [-0.1, -0.05) is 52.4 Å². The normalized spacial score (nSPS) is 10.9. The van der Waals surface area contributed by atoms with Crippen LogP contribution in [-0.4, -0.2) is 12.1 Å². The molecule has 0 aliphatic heterocycles. The maximum absolute atomic E-state index is 11.3. The number of nitrogens with one attached hydrogen (secondary N) is 1. The molecule has 0 aliphatic carbocycles. The molecule has 0 aromatic carbocycles. The van der Waals surface area contributed by atoms with Gasteiger partial charge in [0.25, 0.3) is 0 Å². The van der Waals surface area contributed by atoms with Gasteiger partial charge in [0, 0.05) is 12.6 Å². The van der Waals surface area contributed by atoms with Gasteiger partial charge < -0.3 is 0 Å². The third-order valence-corrected chi connectivity index (χ3v) is 2.46. The minimum atomic E-state index is 0.0443. The van der Waals surface area contributed by atoms with Gasteiger partial charge in [0.05, 0.1) is 0 Å². The average molecular weight is 226 g/mol. The van der Waals surface area contributed by atoms with Crippen LogP contribution >= 0.6 is 0 Å². The van der Waals surface area contributed by atoms with Gasteiger partial charge in [0.15, 0.2) is 0 Å². The molecule has 0 heterocycles. The van der Waals surface area contributed by atoms with E-state index in [1.165, 1.54) is 25.7 Å². The first-order valence-electron chi connectivity index (χ1n) is 6.61. The lowest BCUT2D eigenvalue weighted by molar-refractivity contribution is -0.121. The molecule has 0 fully saturated rings. The molecule has 0 saturated heterocycles. The molecule has 16 heavy (non-hydrogen) atoms. The molecule has 0 aromatic rings. The molecule has 0 aliphatic rings. The van der Waals surface area contributed by atoms with E-state index in [0.717, 1.165) is 25.7 Å². The maximum atomic E-state index is 11.3. The van der Waals surface area contributed by atoms with Crippen molar-refractivity contribution in [2.45, 2.75) is 71.6 Å². The molecule has 0 saturated carbocycles. The van der Waals surface area contributed by atoms with E-state index >= 15 is 0 Å². The molecule has 0 radical (unpaired) electrons. The lowest BCUT2D eigenvalue weighted by Gasteiger charge is -2.00. The zero-order chi connectivity index (χ0) is 12.1. The van der Waals surface area contributed by atoms with Crippen LogP contribution in [0.15, 0.2) is 5.10 Å². The van der Waals surface area contributed by atoms with Crippen LogP contribution in [0.4, 0.5) is 0 Å². The molecule has 94 valence electrons. The Hall–Kier alpha value is -0.860. The summed E-state index contributed by atoms with van der Waals surface area (Å²) in [7, 11) is 0. The molecule has 0 aromatic heterocycles. The van der Waals surface area contributed by atoms with Crippen LogP contribution < -0.4 is 5.43 Å². The van der Waals surface area contributed by atoms with Crippen molar-refractivity contribution in [1.82, 2.24) is 5.43 Å². The number of unbranched alkanes of at least 4 members (excludes halogenated alkanes) is 6. The van der Waals surface area contributed by atoms with Gasteiger partial charge in [0.2, 0.25) is 5.91 Å². The zero-order valence-electron chi connectivity index (χ0n) is 10.8. The van der Waals surface area contributed by atoms with E-state index in [2.05, 4.69) is 24.4 Å². The minimum absolute atomic E-state index is 0.0443. The highest BCUT2D eigenvalue weighted by Gasteiger charge is 1.98. The SMILES string of the molecule is CCCC=NNC(=O)CCCCCCCC. The highest BCUT2D eigenvalue weighted by molar-refractivity contribution is 5.76. The zero-order valence-corrected chi connectivity index (χ0v) is 10.8. The third kappa shape index (κ3) is 11.2. The van der Waals surface area contributed by atoms with E-state index in [1.54, 1.807) is 6.21 Å². The molecule has 3 nitrogen and oxygen atoms in total. The molecular weight excluding hydrogens is 200 g/mol. The van der Waals surface area contributed by atoms with Crippen molar-refractivity contribution in [2.75, 3.05) is 0 Å². The Morgan fingerprint density at radius 1 is 1.06 bits per heavy atom. The second kappa shape index (κ2) is 12.2. The predicted molar refractivity (Wildman–Crippen MR) is 69.5 cm³/mol. The van der Waals surface area contributed by atoms with Crippen molar-refractivity contribution in [3.63, 3.8) is 0 Å². The van der Waals surface area contributed by atoms with Crippen molar-refractivity contribution >= 4 is 12.1 Å². The summed E-state index contributed by atoms with van der Waals surface area (Å²) in [5.74, 6) is 0.0443. The fourth-order valence-electron chi connectivity index (χ4n) is 1.43. The number of carbonyl (C=O) groups excluding carboxylic acids is 1. The molecule has 0 atom stereocenters. The van der Waals surface area contributed by atoms with E-state index in [9.17, 15) is 4.79 Å². The average Bonchev–Trinajstić information content (AvgIpc) is 2.29. The minimum Gasteiger partial charge on any atom is -0.273 e. The van der Waals surface area contributed by atoms with Crippen molar-refractivity contribution < 1.29 is 4.79 Å². The number of amides is 1. The summed E-state index contributed by atoms with van der Waals surface area (Å²) in [5.41, 5.74) is 2.55. The van der Waals surface area contributed by atoms with E-state index in [-0.39, 0.29) is 5.91 Å². The van der Waals surface area contributed by atoms with E-state index < -0.39 is 0 Å². The Morgan fingerprint density at radius 3 is 2.44 bits per heavy atom. The smallest absolute Gasteiger partial charge is 0.240 e. The highest BCUT2D eigenvalue weighted by atomic mass is 16.2. The number of hydrogen-bond donors (Lipinski definition) is 1. The Bertz CT molecular complexity index is 190. The first-order valence-corrected chi connectivity index (χ1v) is 6.61. The van der Waals surface area contributed by atoms with Crippen LogP contribution in [0.2, 0.25) is 0 Å². The van der Waals surface area contributed by atoms with Crippen LogP contribution in [-0.2, 0) is 4.79 Å². The van der Waals surface area contributed by atoms with Crippen molar-refractivity contribution in [2.24, 2.45) is 5.10 Å². The first kappa shape index (κ1) is 15.1. The fraction of sp³-hybridized carbons (Fsp3) is 0.846. The maximum Gasteiger partial charge on any atom is 0.240 e. The number of nitrogens with zero attached hydrogens (tertiary/aromatic N) is 1. The topological polar surface area (TPSA) is 41.5 Å². The largest absolute Gasteiger partial charge is 0.273 e. The first-order chi connectivity index (χ1) is 7.81. The van der Waals surface area contributed by atoms with Gasteiger partial charge in [0.1, 0.15) is 0 Å². The molecule has 0 rings (SSSR count). The number of hydrazone groups is 1. The predicted octanol–water partition coefficient (Wildman–Crippen LogP) is 3.64. The second-order valence-corrected chi connectivity index (χ2v) is 4.15. The lowest BCUT2D eigenvalue weighted by Crippen LogP contribution is -2.16. The number of carbonyl (C=O) groups is 1. The summed E-state index contributed by atoms with van der Waals surface area (Å²) in [6.07, 6.45) is 11.6. The second-order valence-electron chi connectivity index (χ2n) is 4.15. The molecular formula is C13H26N2O. The number of hydrogen-bond acceptors (Lipinski definition) is 2. The lowest BCUT2D eigenvalue weighted by atomic mass is 10.1. The van der Waals surface area contributed by atoms with Crippen LogP contribution in [0.25, 0.3) is 0 Å². The van der Waals surface area contributed by atoms with E-state index in [4.69, 9.17) is 0 Å². The summed E-state index contributed by atoms with van der Waals surface area (Å²) in [6.45, 7) is 4.30. The Kier molecular flexibility index (Phi) is 11.6. The molecule has 0 bridgehead atoms. The Morgan fingerprint density at radius 2 is 1.75 bits per heavy atom. The van der Waals surface area contributed by atoms with Gasteiger partial charge in [-0.25, -0.2) is 5.43 Å². The molecule has 1 N–H and O–H groups in total. The van der Waals surface area contributed by atoms with Gasteiger partial charge in [-0.15, -0.1) is 0 Å². The quantitative estimate of drug-likeness (QED) is 0.345. The molecule has 3 heteroatoms. The van der Waals surface area contributed by atoms with Crippen molar-refractivity contribution in [1.29, 1.82) is 0 Å².